The van der Waals surface area contributed by atoms with Gasteiger partial charge in [-0.15, -0.1) is 0 Å². The van der Waals surface area contributed by atoms with E-state index in [9.17, 15) is 5.11 Å². The minimum absolute atomic E-state index is 0.254. The molecular weight excluding hydrogens is 386 g/mol. The fourth-order valence-corrected chi connectivity index (χ4v) is 3.56. The molecule has 3 aromatic carbocycles. The van der Waals surface area contributed by atoms with Crippen LogP contribution >= 0.6 is 0 Å². The molecule has 0 radical (unpaired) electrons. The maximum absolute atomic E-state index is 10.1. The van der Waals surface area contributed by atoms with Crippen LogP contribution in [0.15, 0.2) is 72.8 Å². The lowest BCUT2D eigenvalue weighted by Gasteiger charge is -2.17. The van der Waals surface area contributed by atoms with Crippen molar-refractivity contribution >= 4 is 11.1 Å². The van der Waals surface area contributed by atoms with Crippen LogP contribution in [0.4, 0.5) is 0 Å². The molecule has 0 aliphatic heterocycles. The van der Waals surface area contributed by atoms with E-state index in [1.807, 2.05) is 56.6 Å². The monoisotopic (exact) mass is 417 g/mol. The summed E-state index contributed by atoms with van der Waals surface area (Å²) in [5.41, 5.74) is 5.50. The highest BCUT2D eigenvalue weighted by atomic mass is 16.5. The van der Waals surface area contributed by atoms with Gasteiger partial charge in [-0.2, -0.15) is 0 Å². The van der Waals surface area contributed by atoms with Crippen molar-refractivity contribution in [2.75, 3.05) is 34.4 Å². The van der Waals surface area contributed by atoms with E-state index in [1.165, 1.54) is 5.57 Å². The van der Waals surface area contributed by atoms with E-state index in [-0.39, 0.29) is 5.75 Å². The standard InChI is InChI=1S/C27H31NO3/c1-5-26(20-9-13-24(30-4)14-10-20)27(22-7-6-8-23(29)19-22)21-11-15-25(16-12-21)31-18-17-28(2)3/h6-16,19,29H,5,17-18H2,1-4H3/b27-26+. The Bertz CT molecular complexity index is 1010. The van der Waals surface area contributed by atoms with Gasteiger partial charge in [0.2, 0.25) is 0 Å². The molecule has 0 spiro atoms. The second kappa shape index (κ2) is 10.7. The summed E-state index contributed by atoms with van der Waals surface area (Å²) in [5, 5.41) is 10.1. The zero-order valence-corrected chi connectivity index (χ0v) is 18.8. The molecule has 0 unspecified atom stereocenters. The quantitative estimate of drug-likeness (QED) is 0.453. The molecule has 4 heteroatoms. The van der Waals surface area contributed by atoms with E-state index in [0.717, 1.165) is 46.7 Å². The number of rotatable bonds is 9. The maximum atomic E-state index is 10.1. The van der Waals surface area contributed by atoms with Crippen molar-refractivity contribution in [1.82, 2.24) is 4.90 Å². The van der Waals surface area contributed by atoms with Gasteiger partial charge in [0.15, 0.2) is 0 Å². The topological polar surface area (TPSA) is 41.9 Å². The minimum atomic E-state index is 0.254. The van der Waals surface area contributed by atoms with Gasteiger partial charge in [0.25, 0.3) is 0 Å². The Labute approximate surface area is 185 Å². The van der Waals surface area contributed by atoms with Crippen LogP contribution in [0.1, 0.15) is 30.0 Å². The first-order valence-electron chi connectivity index (χ1n) is 10.6. The van der Waals surface area contributed by atoms with Crippen molar-refractivity contribution in [1.29, 1.82) is 0 Å². The fraction of sp³-hybridized carbons (Fsp3) is 0.259. The molecule has 0 heterocycles. The van der Waals surface area contributed by atoms with Gasteiger partial charge in [0, 0.05) is 6.54 Å². The van der Waals surface area contributed by atoms with Crippen molar-refractivity contribution in [3.63, 3.8) is 0 Å². The number of benzene rings is 3. The van der Waals surface area contributed by atoms with Crippen LogP contribution in [0.5, 0.6) is 17.2 Å². The average molecular weight is 418 g/mol. The van der Waals surface area contributed by atoms with Crippen molar-refractivity contribution in [3.8, 4) is 17.2 Å². The number of hydrogen-bond acceptors (Lipinski definition) is 4. The van der Waals surface area contributed by atoms with Crippen LogP contribution in [-0.4, -0.2) is 44.4 Å². The lowest BCUT2D eigenvalue weighted by atomic mass is 9.88. The van der Waals surface area contributed by atoms with Crippen LogP contribution in [0.3, 0.4) is 0 Å². The number of nitrogens with zero attached hydrogens (tertiary/aromatic N) is 1. The van der Waals surface area contributed by atoms with Gasteiger partial charge in [-0.1, -0.05) is 43.3 Å². The lowest BCUT2D eigenvalue weighted by Crippen LogP contribution is -2.19. The summed E-state index contributed by atoms with van der Waals surface area (Å²) in [7, 11) is 5.74. The third-order valence-electron chi connectivity index (χ3n) is 5.18. The molecule has 0 aliphatic carbocycles. The second-order valence-electron chi connectivity index (χ2n) is 7.66. The molecule has 3 aromatic rings. The molecule has 0 bridgehead atoms. The fourth-order valence-electron chi connectivity index (χ4n) is 3.56. The zero-order valence-electron chi connectivity index (χ0n) is 18.8. The number of phenolic OH excluding ortho intramolecular Hbond substituents is 1. The summed E-state index contributed by atoms with van der Waals surface area (Å²) in [5.74, 6) is 1.93. The van der Waals surface area contributed by atoms with Crippen LogP contribution in [0.2, 0.25) is 0 Å². The predicted octanol–water partition coefficient (Wildman–Crippen LogP) is 5.71. The number of hydrogen-bond donors (Lipinski definition) is 1. The number of phenols is 1. The maximum Gasteiger partial charge on any atom is 0.119 e. The van der Waals surface area contributed by atoms with Crippen molar-refractivity contribution in [2.24, 2.45) is 0 Å². The second-order valence-corrected chi connectivity index (χ2v) is 7.66. The van der Waals surface area contributed by atoms with Gasteiger partial charge in [-0.25, -0.2) is 0 Å². The number of aromatic hydroxyl groups is 1. The lowest BCUT2D eigenvalue weighted by molar-refractivity contribution is 0.261. The molecular formula is C27H31NO3. The molecule has 0 aromatic heterocycles. The van der Waals surface area contributed by atoms with Gasteiger partial charge in [-0.05, 0) is 84.8 Å². The van der Waals surface area contributed by atoms with E-state index in [0.29, 0.717) is 6.61 Å². The third-order valence-corrected chi connectivity index (χ3v) is 5.18. The molecule has 162 valence electrons. The highest BCUT2D eigenvalue weighted by molar-refractivity contribution is 5.98. The Balaban J connectivity index is 2.04. The van der Waals surface area contributed by atoms with Crippen LogP contribution < -0.4 is 9.47 Å². The Morgan fingerprint density at radius 3 is 2.06 bits per heavy atom. The number of ether oxygens (including phenoxy) is 2. The Kier molecular flexibility index (Phi) is 7.74. The van der Waals surface area contributed by atoms with Crippen LogP contribution in [0, 0.1) is 0 Å². The highest BCUT2D eigenvalue weighted by Crippen LogP contribution is 2.36. The van der Waals surface area contributed by atoms with Crippen molar-refractivity contribution < 1.29 is 14.6 Å². The molecule has 3 rings (SSSR count). The summed E-state index contributed by atoms with van der Waals surface area (Å²) in [4.78, 5) is 2.10. The summed E-state index contributed by atoms with van der Waals surface area (Å²) in [6.07, 6.45) is 0.846. The molecule has 31 heavy (non-hydrogen) atoms. The van der Waals surface area contributed by atoms with Crippen molar-refractivity contribution in [2.45, 2.75) is 13.3 Å². The SMILES string of the molecule is CC/C(=C(/c1ccc(OCCN(C)C)cc1)c1cccc(O)c1)c1ccc(OC)cc1. The minimum Gasteiger partial charge on any atom is -0.508 e. The molecule has 0 saturated heterocycles. The van der Waals surface area contributed by atoms with E-state index in [1.54, 1.807) is 13.2 Å². The number of methoxy groups -OCH3 is 1. The molecule has 0 atom stereocenters. The summed E-state index contributed by atoms with van der Waals surface area (Å²) in [6, 6.07) is 23.7. The summed E-state index contributed by atoms with van der Waals surface area (Å²) in [6.45, 7) is 3.67. The van der Waals surface area contributed by atoms with Crippen LogP contribution in [0.25, 0.3) is 11.1 Å². The number of allylic oxidation sites excluding steroid dienone is 1. The van der Waals surface area contributed by atoms with E-state index in [4.69, 9.17) is 9.47 Å². The average Bonchev–Trinajstić information content (AvgIpc) is 2.78. The molecule has 0 amide bonds. The van der Waals surface area contributed by atoms with E-state index < -0.39 is 0 Å². The van der Waals surface area contributed by atoms with Gasteiger partial charge >= 0.3 is 0 Å². The molecule has 0 aliphatic rings. The Morgan fingerprint density at radius 1 is 0.839 bits per heavy atom. The first-order valence-corrected chi connectivity index (χ1v) is 10.6. The van der Waals surface area contributed by atoms with Gasteiger partial charge < -0.3 is 19.5 Å². The highest BCUT2D eigenvalue weighted by Gasteiger charge is 2.14. The zero-order chi connectivity index (χ0) is 22.2. The summed E-state index contributed by atoms with van der Waals surface area (Å²) >= 11 is 0. The van der Waals surface area contributed by atoms with Gasteiger partial charge in [0.05, 0.1) is 7.11 Å². The van der Waals surface area contributed by atoms with Crippen LogP contribution in [-0.2, 0) is 0 Å². The predicted molar refractivity (Wildman–Crippen MR) is 128 cm³/mol. The largest absolute Gasteiger partial charge is 0.508 e. The first-order chi connectivity index (χ1) is 15.0. The first kappa shape index (κ1) is 22.4. The van der Waals surface area contributed by atoms with Gasteiger partial charge in [0.1, 0.15) is 23.9 Å². The third kappa shape index (κ3) is 5.89. The Hall–Kier alpha value is -3.24. The number of likely N-dealkylation sites (N-methyl/N-ethyl adjacent to an activating group) is 1. The van der Waals surface area contributed by atoms with Crippen molar-refractivity contribution in [3.05, 3.63) is 89.5 Å². The van der Waals surface area contributed by atoms with Gasteiger partial charge in [-0.3, -0.25) is 0 Å². The summed E-state index contributed by atoms with van der Waals surface area (Å²) < 4.78 is 11.2. The molecule has 0 fully saturated rings. The normalized spacial score (nSPS) is 11.9. The molecule has 0 saturated carbocycles. The molecule has 1 N–H and O–H groups in total. The smallest absolute Gasteiger partial charge is 0.119 e. The van der Waals surface area contributed by atoms with E-state index >= 15 is 0 Å². The molecule has 4 nitrogen and oxygen atoms in total. The van der Waals surface area contributed by atoms with E-state index in [2.05, 4.69) is 36.1 Å². The Morgan fingerprint density at radius 2 is 1.48 bits per heavy atom.